The van der Waals surface area contributed by atoms with Gasteiger partial charge < -0.3 is 26.1 Å². The summed E-state index contributed by atoms with van der Waals surface area (Å²) in [6, 6.07) is 2.27. The second-order valence-corrected chi connectivity index (χ2v) is 9.69. The largest absolute Gasteiger partial charge is 0.467 e. The number of carbonyl (C=O) groups excluding carboxylic acids is 4. The molecule has 37 heavy (non-hydrogen) atoms. The standard InChI is InChI=1S/C25H29F3N4O5/c1-37-24(36)17(11-13-4-3-9-30-22(13)34)32-23(35)14(10-12-7-8-12)18-19-15(25(26,27)28)5-2-6-16(19)31-20(18)21(29)33/h2,5-6,12-14,17,31H,3-4,7-11H2,1H3,(H2,29,33)(H,30,34)(H,32,35)/t13-,14-,17-/m0/s1. The molecule has 2 aliphatic rings. The minimum Gasteiger partial charge on any atom is -0.467 e. The van der Waals surface area contributed by atoms with Crippen LogP contribution in [0.5, 0.6) is 0 Å². The SMILES string of the molecule is COC(=O)[C@H](C[C@@H]1CCCNC1=O)NC(=O)[C@@H](CC1CC1)c1c(C(N)=O)[nH]c2cccc(C(F)(F)F)c12. The predicted octanol–water partition coefficient (Wildman–Crippen LogP) is 2.74. The summed E-state index contributed by atoms with van der Waals surface area (Å²) in [5.74, 6) is -4.42. The van der Waals surface area contributed by atoms with E-state index < -0.39 is 47.4 Å². The van der Waals surface area contributed by atoms with Crippen LogP contribution < -0.4 is 16.4 Å². The molecule has 1 saturated heterocycles. The zero-order chi connectivity index (χ0) is 26.9. The maximum absolute atomic E-state index is 14.0. The highest BCUT2D eigenvalue weighted by molar-refractivity contribution is 6.05. The molecule has 200 valence electrons. The van der Waals surface area contributed by atoms with Crippen LogP contribution in [0.2, 0.25) is 0 Å². The van der Waals surface area contributed by atoms with Crippen LogP contribution in [0.3, 0.4) is 0 Å². The van der Waals surface area contributed by atoms with E-state index in [-0.39, 0.29) is 46.8 Å². The first kappa shape index (κ1) is 26.5. The molecule has 0 spiro atoms. The summed E-state index contributed by atoms with van der Waals surface area (Å²) in [5, 5.41) is 5.03. The number of nitrogens with one attached hydrogen (secondary N) is 3. The van der Waals surface area contributed by atoms with E-state index >= 15 is 0 Å². The van der Waals surface area contributed by atoms with Gasteiger partial charge >= 0.3 is 12.1 Å². The maximum Gasteiger partial charge on any atom is 0.417 e. The molecule has 2 fully saturated rings. The Bertz CT molecular complexity index is 1220. The van der Waals surface area contributed by atoms with Gasteiger partial charge in [-0.1, -0.05) is 18.9 Å². The molecule has 1 aliphatic carbocycles. The second-order valence-electron chi connectivity index (χ2n) is 9.69. The molecule has 3 atom stereocenters. The summed E-state index contributed by atoms with van der Waals surface area (Å²) in [6.07, 6.45) is -1.81. The van der Waals surface area contributed by atoms with Crippen LogP contribution in [0, 0.1) is 11.8 Å². The van der Waals surface area contributed by atoms with Gasteiger partial charge in [0.25, 0.3) is 5.91 Å². The third-order valence-electron chi connectivity index (χ3n) is 7.07. The van der Waals surface area contributed by atoms with Gasteiger partial charge in [0.2, 0.25) is 11.8 Å². The van der Waals surface area contributed by atoms with E-state index in [4.69, 9.17) is 10.5 Å². The number of nitrogens with two attached hydrogens (primary N) is 1. The minimum absolute atomic E-state index is 0.0231. The van der Waals surface area contributed by atoms with Crippen molar-refractivity contribution >= 4 is 34.6 Å². The Kier molecular flexibility index (Phi) is 7.47. The smallest absolute Gasteiger partial charge is 0.417 e. The van der Waals surface area contributed by atoms with Crippen LogP contribution in [0.1, 0.15) is 66.1 Å². The molecule has 9 nitrogen and oxygen atoms in total. The van der Waals surface area contributed by atoms with E-state index in [1.54, 1.807) is 0 Å². The number of hydrogen-bond acceptors (Lipinski definition) is 5. The quantitative estimate of drug-likeness (QED) is 0.375. The number of H-pyrrole nitrogens is 1. The molecule has 1 aromatic heterocycles. The van der Waals surface area contributed by atoms with Crippen molar-refractivity contribution in [2.24, 2.45) is 17.6 Å². The normalized spacial score (nSPS) is 19.7. The number of benzene rings is 1. The summed E-state index contributed by atoms with van der Waals surface area (Å²) in [7, 11) is 1.14. The lowest BCUT2D eigenvalue weighted by Gasteiger charge is -2.27. The number of hydrogen-bond donors (Lipinski definition) is 4. The van der Waals surface area contributed by atoms with Gasteiger partial charge in [-0.2, -0.15) is 13.2 Å². The molecule has 1 aliphatic heterocycles. The Balaban J connectivity index is 1.75. The Hall–Kier alpha value is -3.57. The van der Waals surface area contributed by atoms with Crippen LogP contribution in [0.4, 0.5) is 13.2 Å². The third kappa shape index (κ3) is 5.72. The molecule has 0 radical (unpaired) electrons. The van der Waals surface area contributed by atoms with Crippen molar-refractivity contribution in [3.63, 3.8) is 0 Å². The molecule has 2 aromatic rings. The molecular weight excluding hydrogens is 493 g/mol. The zero-order valence-corrected chi connectivity index (χ0v) is 20.2. The maximum atomic E-state index is 14.0. The van der Waals surface area contributed by atoms with Gasteiger partial charge in [-0.3, -0.25) is 14.4 Å². The molecule has 0 bridgehead atoms. The predicted molar refractivity (Wildman–Crippen MR) is 126 cm³/mol. The first-order chi connectivity index (χ1) is 17.5. The number of primary amides is 1. The number of aromatic amines is 1. The highest BCUT2D eigenvalue weighted by atomic mass is 19.4. The first-order valence-corrected chi connectivity index (χ1v) is 12.2. The van der Waals surface area contributed by atoms with Crippen molar-refractivity contribution < 1.29 is 37.1 Å². The van der Waals surface area contributed by atoms with Crippen molar-refractivity contribution in [3.05, 3.63) is 35.0 Å². The minimum atomic E-state index is -4.76. The van der Waals surface area contributed by atoms with Gasteiger partial charge in [-0.25, -0.2) is 4.79 Å². The van der Waals surface area contributed by atoms with Crippen molar-refractivity contribution in [1.82, 2.24) is 15.6 Å². The van der Waals surface area contributed by atoms with Crippen LogP contribution in [0.25, 0.3) is 10.9 Å². The molecule has 1 saturated carbocycles. The molecule has 12 heteroatoms. The Labute approximate surface area is 210 Å². The molecule has 1 aromatic carbocycles. The number of esters is 1. The summed E-state index contributed by atoms with van der Waals surface area (Å²) in [4.78, 5) is 53.5. The van der Waals surface area contributed by atoms with Crippen molar-refractivity contribution in [3.8, 4) is 0 Å². The van der Waals surface area contributed by atoms with E-state index in [0.29, 0.717) is 19.4 Å². The number of carbonyl (C=O) groups is 4. The fraction of sp³-hybridized carbons (Fsp3) is 0.520. The Morgan fingerprint density at radius 1 is 1.19 bits per heavy atom. The van der Waals surface area contributed by atoms with Crippen LogP contribution in [-0.2, 0) is 25.3 Å². The Morgan fingerprint density at radius 3 is 2.51 bits per heavy atom. The van der Waals surface area contributed by atoms with E-state index in [2.05, 4.69) is 15.6 Å². The van der Waals surface area contributed by atoms with Gasteiger partial charge in [0.05, 0.1) is 18.6 Å². The highest BCUT2D eigenvalue weighted by Crippen LogP contribution is 2.45. The van der Waals surface area contributed by atoms with E-state index in [9.17, 15) is 32.3 Å². The lowest BCUT2D eigenvalue weighted by molar-refractivity contribution is -0.146. The summed E-state index contributed by atoms with van der Waals surface area (Å²) in [5.41, 5.74) is 4.13. The number of rotatable bonds is 9. The number of ether oxygens (including phenoxy) is 1. The van der Waals surface area contributed by atoms with E-state index in [1.165, 1.54) is 12.1 Å². The topological polar surface area (TPSA) is 143 Å². The van der Waals surface area contributed by atoms with Gasteiger partial charge in [0.15, 0.2) is 0 Å². The second kappa shape index (κ2) is 10.4. The van der Waals surface area contributed by atoms with Gasteiger partial charge in [-0.15, -0.1) is 0 Å². The average molecular weight is 523 g/mol. The fourth-order valence-electron chi connectivity index (χ4n) is 5.07. The number of alkyl halides is 3. The van der Waals surface area contributed by atoms with Gasteiger partial charge in [0.1, 0.15) is 11.7 Å². The van der Waals surface area contributed by atoms with Gasteiger partial charge in [-0.05, 0) is 43.7 Å². The zero-order valence-electron chi connectivity index (χ0n) is 20.2. The van der Waals surface area contributed by atoms with Crippen molar-refractivity contribution in [2.45, 2.75) is 56.7 Å². The lowest BCUT2D eigenvalue weighted by Crippen LogP contribution is -2.47. The summed E-state index contributed by atoms with van der Waals surface area (Å²) in [6.45, 7) is 0.520. The van der Waals surface area contributed by atoms with Crippen LogP contribution in [0.15, 0.2) is 18.2 Å². The van der Waals surface area contributed by atoms with Crippen LogP contribution >= 0.6 is 0 Å². The molecule has 0 unspecified atom stereocenters. The van der Waals surface area contributed by atoms with E-state index in [0.717, 1.165) is 26.0 Å². The molecular formula is C25H29F3N4O5. The average Bonchev–Trinajstić information content (AvgIpc) is 3.59. The lowest BCUT2D eigenvalue weighted by atomic mass is 9.87. The number of halogens is 3. The van der Waals surface area contributed by atoms with Crippen molar-refractivity contribution in [2.75, 3.05) is 13.7 Å². The van der Waals surface area contributed by atoms with Crippen molar-refractivity contribution in [1.29, 1.82) is 0 Å². The molecule has 5 N–H and O–H groups in total. The van der Waals surface area contributed by atoms with E-state index in [1.807, 2.05) is 0 Å². The van der Waals surface area contributed by atoms with Crippen LogP contribution in [-0.4, -0.2) is 48.4 Å². The first-order valence-electron chi connectivity index (χ1n) is 12.2. The number of aromatic nitrogens is 1. The molecule has 3 amide bonds. The number of methoxy groups -OCH3 is 1. The number of piperidine rings is 1. The number of fused-ring (bicyclic) bond motifs is 1. The number of amides is 3. The summed E-state index contributed by atoms with van der Waals surface area (Å²) >= 11 is 0. The molecule has 4 rings (SSSR count). The third-order valence-corrected chi connectivity index (χ3v) is 7.07. The molecule has 2 heterocycles. The highest BCUT2D eigenvalue weighted by Gasteiger charge is 2.41. The van der Waals surface area contributed by atoms with Gasteiger partial charge in [0, 0.05) is 28.9 Å². The summed E-state index contributed by atoms with van der Waals surface area (Å²) < 4.78 is 46.8. The fourth-order valence-corrected chi connectivity index (χ4v) is 5.07. The monoisotopic (exact) mass is 522 g/mol. The Morgan fingerprint density at radius 2 is 1.92 bits per heavy atom.